The zero-order valence-electron chi connectivity index (χ0n) is 36.6. The number of carbonyl (C=O) groups is 7. The van der Waals surface area contributed by atoms with E-state index in [1.165, 1.54) is 17.1 Å². The van der Waals surface area contributed by atoms with Gasteiger partial charge in [0.25, 0.3) is 5.91 Å². The van der Waals surface area contributed by atoms with E-state index in [-0.39, 0.29) is 82.1 Å². The number of aliphatic hydroxyl groups is 3. The lowest BCUT2D eigenvalue weighted by Crippen LogP contribution is -2.63. The molecule has 28 heteroatoms. The Bertz CT molecular complexity index is 2230. The number of hydrogen-bond acceptors (Lipinski definition) is 16. The van der Waals surface area contributed by atoms with E-state index in [2.05, 4.69) is 57.8 Å². The minimum Gasteiger partial charge on any atom is -0.481 e. The van der Waals surface area contributed by atoms with Crippen molar-refractivity contribution in [3.05, 3.63) is 59.7 Å². The molecule has 1 fully saturated rings. The van der Waals surface area contributed by atoms with Crippen molar-refractivity contribution in [2.45, 2.75) is 113 Å². The summed E-state index contributed by atoms with van der Waals surface area (Å²) in [5.74, 6) is -6.43. The Labute approximate surface area is 387 Å². The largest absolute Gasteiger partial charge is 0.481 e. The minimum atomic E-state index is -1.86. The van der Waals surface area contributed by atoms with Crippen LogP contribution in [-0.4, -0.2) is 167 Å². The van der Waals surface area contributed by atoms with Gasteiger partial charge in [-0.15, -0.1) is 10.2 Å². The zero-order chi connectivity index (χ0) is 49.3. The molecule has 0 spiro atoms. The van der Waals surface area contributed by atoms with Gasteiger partial charge >= 0.3 is 5.97 Å². The van der Waals surface area contributed by atoms with Gasteiger partial charge in [0, 0.05) is 19.6 Å². The van der Waals surface area contributed by atoms with Crippen LogP contribution in [0.5, 0.6) is 0 Å². The van der Waals surface area contributed by atoms with Crippen molar-refractivity contribution in [2.75, 3.05) is 26.2 Å². The standard InChI is InChI=1S/C40H56FN15O12/c41-15-22-18-55(53-51-22)20-30(58)46-16-28-32(61)33(62)34(63)35(68-28)39(67)44-11-5-4-10-27-38(66)49-23(9-6-12-45-40(42)43)36(64)47-17-29(57)48-25(14-31(59)60)37(65)50-24(26-19-56(27)54-52-26)13-21-7-2-1-3-8-21/h1-3,7-8,18-19,23-25,27-28,32-35,61-63H,4-6,9-17,20H2,(H,44,67)(H,46,58)(H,47,64)(H,48,57)(H,49,66)(H,50,65)(H,59,60)(H4,42,43,45)/t23-,24-,25-,27-,28+,32?,33-,34-,35?/m0/s1. The lowest BCUT2D eigenvalue weighted by molar-refractivity contribution is -0.219. The van der Waals surface area contributed by atoms with Crippen LogP contribution >= 0.6 is 0 Å². The van der Waals surface area contributed by atoms with Gasteiger partial charge in [0.15, 0.2) is 12.1 Å². The Morgan fingerprint density at radius 2 is 1.57 bits per heavy atom. The third kappa shape index (κ3) is 15.2. The number of benzene rings is 1. The van der Waals surface area contributed by atoms with E-state index in [1.54, 1.807) is 30.3 Å². The van der Waals surface area contributed by atoms with Crippen molar-refractivity contribution >= 4 is 47.4 Å². The number of amides is 6. The number of alkyl halides is 1. The number of rotatable bonds is 19. The highest BCUT2D eigenvalue weighted by Crippen LogP contribution is 2.23. The van der Waals surface area contributed by atoms with E-state index < -0.39 is 116 Å². The lowest BCUT2D eigenvalue weighted by atomic mass is 9.94. The zero-order valence-corrected chi connectivity index (χ0v) is 36.6. The van der Waals surface area contributed by atoms with Crippen molar-refractivity contribution in [3.63, 3.8) is 0 Å². The van der Waals surface area contributed by atoms with E-state index in [0.717, 1.165) is 10.2 Å². The van der Waals surface area contributed by atoms with Crippen LogP contribution in [0.1, 0.15) is 67.6 Å². The van der Waals surface area contributed by atoms with Gasteiger partial charge in [0.05, 0.1) is 31.4 Å². The van der Waals surface area contributed by atoms with Crippen LogP contribution < -0.4 is 43.0 Å². The fraction of sp³-hybridized carbons (Fsp3) is 0.550. The monoisotopic (exact) mass is 957 g/mol. The summed E-state index contributed by atoms with van der Waals surface area (Å²) in [5.41, 5.74) is 6.32. The molecule has 0 saturated carbocycles. The van der Waals surface area contributed by atoms with Crippen molar-refractivity contribution < 1.29 is 63.1 Å². The minimum absolute atomic E-state index is 0.00341. The Kier molecular flexibility index (Phi) is 19.1. The summed E-state index contributed by atoms with van der Waals surface area (Å²) in [7, 11) is 0. The average Bonchev–Trinajstić information content (AvgIpc) is 3.99. The summed E-state index contributed by atoms with van der Waals surface area (Å²) in [6.07, 6.45) is -5.72. The number of fused-ring (bicyclic) bond motifs is 2. The molecule has 2 bridgehead atoms. The van der Waals surface area contributed by atoms with Crippen molar-refractivity contribution in [1.29, 1.82) is 5.41 Å². The molecule has 2 aromatic heterocycles. The van der Waals surface area contributed by atoms with E-state index in [9.17, 15) is 58.4 Å². The topological polar surface area (TPSA) is 405 Å². The number of carboxylic acids is 1. The van der Waals surface area contributed by atoms with Crippen molar-refractivity contribution in [2.24, 2.45) is 5.73 Å². The maximum Gasteiger partial charge on any atom is 0.305 e. The molecule has 3 aromatic rings. The number of hydrogen-bond donors (Lipinski definition) is 13. The van der Waals surface area contributed by atoms with Gasteiger partial charge in [-0.25, -0.2) is 13.8 Å². The van der Waals surface area contributed by atoms with Crippen LogP contribution in [0, 0.1) is 5.41 Å². The summed E-state index contributed by atoms with van der Waals surface area (Å²) in [6, 6.07) is 4.00. The second kappa shape index (κ2) is 25.1. The molecule has 6 amide bonds. The molecule has 68 heavy (non-hydrogen) atoms. The van der Waals surface area contributed by atoms with Crippen LogP contribution in [0.2, 0.25) is 0 Å². The fourth-order valence-corrected chi connectivity index (χ4v) is 7.33. The number of aliphatic hydroxyl groups excluding tert-OH is 3. The number of unbranched alkanes of at least 4 members (excludes halogenated alkanes) is 1. The smallest absolute Gasteiger partial charge is 0.305 e. The van der Waals surface area contributed by atoms with Crippen molar-refractivity contribution in [1.82, 2.24) is 67.2 Å². The maximum atomic E-state index is 14.2. The predicted molar refractivity (Wildman–Crippen MR) is 230 cm³/mol. The lowest BCUT2D eigenvalue weighted by Gasteiger charge is -2.40. The van der Waals surface area contributed by atoms with Crippen LogP contribution in [0.25, 0.3) is 0 Å². The number of carboxylic acid groups (broad SMARTS) is 1. The first-order valence-corrected chi connectivity index (χ1v) is 21.6. The number of carbonyl (C=O) groups excluding carboxylic acids is 6. The highest BCUT2D eigenvalue weighted by molar-refractivity contribution is 5.94. The molecule has 1 saturated heterocycles. The van der Waals surface area contributed by atoms with Crippen LogP contribution in [0.3, 0.4) is 0 Å². The summed E-state index contributed by atoms with van der Waals surface area (Å²) in [4.78, 5) is 91.8. The third-order valence-electron chi connectivity index (χ3n) is 10.9. The van der Waals surface area contributed by atoms with Gasteiger partial charge in [-0.2, -0.15) is 0 Å². The van der Waals surface area contributed by atoms with Gasteiger partial charge in [-0.1, -0.05) is 40.8 Å². The summed E-state index contributed by atoms with van der Waals surface area (Å²) in [6.45, 7) is -2.20. The van der Waals surface area contributed by atoms with E-state index in [0.29, 0.717) is 0 Å². The molecule has 1 aromatic carbocycles. The van der Waals surface area contributed by atoms with E-state index in [4.69, 9.17) is 15.9 Å². The van der Waals surface area contributed by atoms with E-state index in [1.807, 2.05) is 0 Å². The van der Waals surface area contributed by atoms with Gasteiger partial charge in [-0.05, 0) is 44.1 Å². The first-order chi connectivity index (χ1) is 32.5. The maximum absolute atomic E-state index is 14.2. The molecule has 2 aliphatic rings. The highest BCUT2D eigenvalue weighted by Gasteiger charge is 2.46. The molecular formula is C40H56FN15O12. The highest BCUT2D eigenvalue weighted by atomic mass is 19.1. The molecule has 0 radical (unpaired) electrons. The SMILES string of the molecule is N=C(N)NCCC[C@@H]1NC(=O)[C@H](CCCCNC(=O)C2O[C@H](CNC(=O)Cn3cc(CF)nn3)C(O)[C@H](O)[C@@H]2O)n2cc(nn2)[C@H](Cc2ccccc2)NC(=O)[C@H](CC(=O)O)NC(=O)CNC1=O. The van der Waals surface area contributed by atoms with Gasteiger partial charge in [-0.3, -0.25) is 39.0 Å². The normalized spacial score (nSPS) is 24.7. The molecule has 14 N–H and O–H groups in total. The Morgan fingerprint density at radius 3 is 2.28 bits per heavy atom. The van der Waals surface area contributed by atoms with E-state index >= 15 is 0 Å². The second-order valence-electron chi connectivity index (χ2n) is 16.1. The fourth-order valence-electron chi connectivity index (χ4n) is 7.33. The molecule has 4 heterocycles. The molecule has 2 unspecified atom stereocenters. The first kappa shape index (κ1) is 51.8. The quantitative estimate of drug-likeness (QED) is 0.0304. The molecule has 370 valence electrons. The number of ether oxygens (including phenoxy) is 1. The van der Waals surface area contributed by atoms with Crippen molar-refractivity contribution in [3.8, 4) is 0 Å². The average molecular weight is 958 g/mol. The Hall–Kier alpha value is -7.17. The number of aromatic nitrogens is 6. The summed E-state index contributed by atoms with van der Waals surface area (Å²) >= 11 is 0. The Balaban J connectivity index is 1.30. The number of nitrogens with zero attached hydrogens (tertiary/aromatic N) is 6. The number of nitrogens with one attached hydrogen (secondary N) is 8. The molecule has 0 aliphatic carbocycles. The van der Waals surface area contributed by atoms with Gasteiger partial charge in [0.2, 0.25) is 29.5 Å². The van der Waals surface area contributed by atoms with Gasteiger partial charge < -0.3 is 68.1 Å². The summed E-state index contributed by atoms with van der Waals surface area (Å²) < 4.78 is 20.8. The molecular weight excluding hydrogens is 902 g/mol. The van der Waals surface area contributed by atoms with Crippen LogP contribution in [0.15, 0.2) is 42.7 Å². The predicted octanol–water partition coefficient (Wildman–Crippen LogP) is -4.93. The molecule has 27 nitrogen and oxygen atoms in total. The molecule has 2 aliphatic heterocycles. The number of halogens is 1. The summed E-state index contributed by atoms with van der Waals surface area (Å²) in [5, 5.41) is 82.3. The molecule has 5 rings (SSSR count). The number of aliphatic carboxylic acids is 1. The van der Waals surface area contributed by atoms with Gasteiger partial charge in [0.1, 0.15) is 67.1 Å². The third-order valence-corrected chi connectivity index (χ3v) is 10.9. The number of guanidine groups is 1. The Morgan fingerprint density at radius 1 is 0.838 bits per heavy atom. The second-order valence-corrected chi connectivity index (χ2v) is 16.1. The van der Waals surface area contributed by atoms with Crippen LogP contribution in [0.4, 0.5) is 4.39 Å². The number of nitrogens with two attached hydrogens (primary N) is 1. The van der Waals surface area contributed by atoms with Crippen LogP contribution in [-0.2, 0) is 57.9 Å². The first-order valence-electron chi connectivity index (χ1n) is 21.6. The molecule has 9 atom stereocenters.